The number of hydrogen-bond donors (Lipinski definition) is 0. The number of benzene rings is 5. The standard InChI is InChI=1S/C48H34N6/c1-6-18-33(19-7-1)41-31-30-38(32-49-41)44-42(34-20-8-2-9-21-34)51-45(43(50-44)35-22-10-3-11-23-35)39-28-16-17-29-40(39)48-53-46(36-24-12-4-13-25-36)52-47(54-48)37-26-14-5-15-27-37/h1-4,6-14,16-32H,5,15H2. The third-order valence-electron chi connectivity index (χ3n) is 9.44. The van der Waals surface area contributed by atoms with E-state index in [9.17, 15) is 0 Å². The van der Waals surface area contributed by atoms with Gasteiger partial charge >= 0.3 is 0 Å². The Morgan fingerprint density at radius 1 is 0.352 bits per heavy atom. The topological polar surface area (TPSA) is 77.3 Å². The highest BCUT2D eigenvalue weighted by atomic mass is 15.0. The molecule has 0 aliphatic heterocycles. The van der Waals surface area contributed by atoms with Gasteiger partial charge in [0, 0.05) is 50.7 Å². The Bertz CT molecular complexity index is 2620. The molecule has 0 spiro atoms. The van der Waals surface area contributed by atoms with Crippen LogP contribution in [0.15, 0.2) is 182 Å². The van der Waals surface area contributed by atoms with Crippen LogP contribution in [0.3, 0.4) is 0 Å². The molecule has 0 radical (unpaired) electrons. The Morgan fingerprint density at radius 3 is 1.48 bits per heavy atom. The zero-order valence-corrected chi connectivity index (χ0v) is 29.4. The van der Waals surface area contributed by atoms with E-state index < -0.39 is 0 Å². The van der Waals surface area contributed by atoms with Gasteiger partial charge < -0.3 is 0 Å². The van der Waals surface area contributed by atoms with Gasteiger partial charge in [0.2, 0.25) is 0 Å². The van der Waals surface area contributed by atoms with Crippen LogP contribution in [0.5, 0.6) is 0 Å². The van der Waals surface area contributed by atoms with Gasteiger partial charge in [0.05, 0.1) is 28.5 Å². The maximum Gasteiger partial charge on any atom is 0.164 e. The summed E-state index contributed by atoms with van der Waals surface area (Å²) in [6.45, 7) is 0. The molecule has 0 saturated carbocycles. The number of hydrogen-bond acceptors (Lipinski definition) is 6. The molecule has 9 rings (SSSR count). The zero-order chi connectivity index (χ0) is 36.1. The monoisotopic (exact) mass is 694 g/mol. The maximum absolute atomic E-state index is 5.54. The minimum Gasteiger partial charge on any atom is -0.256 e. The molecular formula is C48H34N6. The third kappa shape index (κ3) is 6.64. The van der Waals surface area contributed by atoms with Gasteiger partial charge in [0.15, 0.2) is 17.5 Å². The lowest BCUT2D eigenvalue weighted by atomic mass is 9.96. The van der Waals surface area contributed by atoms with Gasteiger partial charge in [0.25, 0.3) is 0 Å². The fourth-order valence-electron chi connectivity index (χ4n) is 6.74. The van der Waals surface area contributed by atoms with E-state index >= 15 is 0 Å². The lowest BCUT2D eigenvalue weighted by molar-refractivity contribution is 1.01. The van der Waals surface area contributed by atoms with Crippen molar-refractivity contribution in [1.29, 1.82) is 0 Å². The molecule has 8 aromatic rings. The smallest absolute Gasteiger partial charge is 0.164 e. The highest BCUT2D eigenvalue weighted by molar-refractivity contribution is 5.91. The van der Waals surface area contributed by atoms with Crippen molar-refractivity contribution in [3.63, 3.8) is 0 Å². The Hall–Kier alpha value is -7.18. The van der Waals surface area contributed by atoms with Crippen molar-refractivity contribution < 1.29 is 0 Å². The van der Waals surface area contributed by atoms with Crippen molar-refractivity contribution in [3.05, 3.63) is 188 Å². The quantitative estimate of drug-likeness (QED) is 0.158. The van der Waals surface area contributed by atoms with E-state index in [1.807, 2.05) is 109 Å². The van der Waals surface area contributed by atoms with Crippen LogP contribution in [0.25, 0.3) is 84.6 Å². The van der Waals surface area contributed by atoms with Crippen LogP contribution >= 0.6 is 0 Å². The summed E-state index contributed by atoms with van der Waals surface area (Å²) in [5, 5.41) is 0. The van der Waals surface area contributed by atoms with Crippen LogP contribution < -0.4 is 0 Å². The van der Waals surface area contributed by atoms with Crippen molar-refractivity contribution >= 4 is 5.57 Å². The summed E-state index contributed by atoms with van der Waals surface area (Å²) < 4.78 is 0. The molecule has 6 nitrogen and oxygen atoms in total. The summed E-state index contributed by atoms with van der Waals surface area (Å²) in [6, 6.07) is 53.1. The average Bonchev–Trinajstić information content (AvgIpc) is 3.27. The molecular weight excluding hydrogens is 661 g/mol. The number of allylic oxidation sites excluding steroid dienone is 4. The summed E-state index contributed by atoms with van der Waals surface area (Å²) in [5.74, 6) is 1.83. The number of nitrogens with zero attached hydrogens (tertiary/aromatic N) is 6. The zero-order valence-electron chi connectivity index (χ0n) is 29.4. The normalized spacial score (nSPS) is 12.3. The Morgan fingerprint density at radius 2 is 0.870 bits per heavy atom. The second-order valence-corrected chi connectivity index (χ2v) is 13.0. The molecule has 1 aliphatic rings. The largest absolute Gasteiger partial charge is 0.256 e. The van der Waals surface area contributed by atoms with Crippen LogP contribution in [-0.2, 0) is 0 Å². The van der Waals surface area contributed by atoms with Crippen molar-refractivity contribution in [2.24, 2.45) is 0 Å². The molecule has 0 saturated heterocycles. The second kappa shape index (κ2) is 14.8. The lowest BCUT2D eigenvalue weighted by Gasteiger charge is -2.18. The highest BCUT2D eigenvalue weighted by Crippen LogP contribution is 2.40. The third-order valence-corrected chi connectivity index (χ3v) is 9.44. The average molecular weight is 695 g/mol. The van der Waals surface area contributed by atoms with E-state index in [4.69, 9.17) is 29.9 Å². The molecule has 54 heavy (non-hydrogen) atoms. The molecule has 256 valence electrons. The molecule has 0 unspecified atom stereocenters. The number of aromatic nitrogens is 6. The van der Waals surface area contributed by atoms with Crippen LogP contribution in [0.4, 0.5) is 0 Å². The molecule has 0 N–H and O–H groups in total. The lowest BCUT2D eigenvalue weighted by Crippen LogP contribution is -2.05. The summed E-state index contributed by atoms with van der Waals surface area (Å²) in [4.78, 5) is 31.1. The predicted octanol–water partition coefficient (Wildman–Crippen LogP) is 11.5. The summed E-state index contributed by atoms with van der Waals surface area (Å²) in [5.41, 5.74) is 11.3. The van der Waals surface area contributed by atoms with E-state index in [0.29, 0.717) is 17.5 Å². The summed E-state index contributed by atoms with van der Waals surface area (Å²) in [6.07, 6.45) is 10.3. The van der Waals surface area contributed by atoms with Gasteiger partial charge in [-0.3, -0.25) is 4.98 Å². The minimum absolute atomic E-state index is 0.571. The first-order valence-corrected chi connectivity index (χ1v) is 18.1. The van der Waals surface area contributed by atoms with Crippen LogP contribution in [0.2, 0.25) is 0 Å². The summed E-state index contributed by atoms with van der Waals surface area (Å²) >= 11 is 0. The number of pyridine rings is 1. The SMILES string of the molecule is C1=CC(c2nc(-c3ccccc3)nc(-c3ccccc3-c3nc(-c4ccccc4)c(-c4ccc(-c5ccccc5)nc4)nc3-c3ccccc3)n2)=CCC1. The minimum atomic E-state index is 0.571. The van der Waals surface area contributed by atoms with E-state index in [1.165, 1.54) is 0 Å². The predicted molar refractivity (Wildman–Crippen MR) is 218 cm³/mol. The molecule has 0 amide bonds. The second-order valence-electron chi connectivity index (χ2n) is 13.0. The van der Waals surface area contributed by atoms with Gasteiger partial charge in [-0.2, -0.15) is 0 Å². The molecule has 6 heteroatoms. The Kier molecular flexibility index (Phi) is 8.97. The number of rotatable bonds is 8. The fourth-order valence-corrected chi connectivity index (χ4v) is 6.74. The molecule has 0 fully saturated rings. The van der Waals surface area contributed by atoms with Gasteiger partial charge in [-0.1, -0.05) is 164 Å². The van der Waals surface area contributed by atoms with Gasteiger partial charge in [-0.25, -0.2) is 24.9 Å². The first-order chi connectivity index (χ1) is 26.8. The molecule has 0 atom stereocenters. The molecule has 0 bridgehead atoms. The van der Waals surface area contributed by atoms with Crippen molar-refractivity contribution in [1.82, 2.24) is 29.9 Å². The molecule has 1 aliphatic carbocycles. The van der Waals surface area contributed by atoms with Gasteiger partial charge in [-0.15, -0.1) is 0 Å². The van der Waals surface area contributed by atoms with E-state index in [-0.39, 0.29) is 0 Å². The fraction of sp³-hybridized carbons (Fsp3) is 0.0417. The van der Waals surface area contributed by atoms with Crippen LogP contribution in [0, 0.1) is 0 Å². The van der Waals surface area contributed by atoms with Crippen molar-refractivity contribution in [2.75, 3.05) is 0 Å². The van der Waals surface area contributed by atoms with Gasteiger partial charge in [0.1, 0.15) is 0 Å². The van der Waals surface area contributed by atoms with Crippen LogP contribution in [-0.4, -0.2) is 29.9 Å². The highest BCUT2D eigenvalue weighted by Gasteiger charge is 2.23. The molecule has 3 aromatic heterocycles. The van der Waals surface area contributed by atoms with E-state index in [1.54, 1.807) is 0 Å². The van der Waals surface area contributed by atoms with Crippen molar-refractivity contribution in [3.8, 4) is 79.1 Å². The van der Waals surface area contributed by atoms with Crippen molar-refractivity contribution in [2.45, 2.75) is 12.8 Å². The first-order valence-electron chi connectivity index (χ1n) is 18.1. The molecule has 3 heterocycles. The summed E-state index contributed by atoms with van der Waals surface area (Å²) in [7, 11) is 0. The van der Waals surface area contributed by atoms with Gasteiger partial charge in [-0.05, 0) is 25.0 Å². The first kappa shape index (κ1) is 32.7. The van der Waals surface area contributed by atoms with E-state index in [0.717, 1.165) is 85.8 Å². The molecule has 5 aromatic carbocycles. The Labute approximate surface area is 314 Å². The van der Waals surface area contributed by atoms with Crippen LogP contribution in [0.1, 0.15) is 18.7 Å². The maximum atomic E-state index is 5.54. The van der Waals surface area contributed by atoms with E-state index in [2.05, 4.69) is 72.8 Å². The Balaban J connectivity index is 1.27.